The summed E-state index contributed by atoms with van der Waals surface area (Å²) in [5.74, 6) is 3.47. The third kappa shape index (κ3) is 3.66. The molecule has 29 heavy (non-hydrogen) atoms. The second-order valence-corrected chi connectivity index (χ2v) is 11.7. The molecule has 6 rings (SSSR count). The average molecular weight is 416 g/mol. The Morgan fingerprint density at radius 3 is 2.31 bits per heavy atom. The van der Waals surface area contributed by atoms with Gasteiger partial charge in [0, 0.05) is 17.8 Å². The van der Waals surface area contributed by atoms with E-state index in [0.29, 0.717) is 23.3 Å². The van der Waals surface area contributed by atoms with Crippen LogP contribution in [0.4, 0.5) is 0 Å². The predicted molar refractivity (Wildman–Crippen MR) is 118 cm³/mol. The molecule has 5 heteroatoms. The van der Waals surface area contributed by atoms with Crippen LogP contribution in [-0.2, 0) is 4.79 Å². The van der Waals surface area contributed by atoms with E-state index in [0.717, 1.165) is 28.6 Å². The molecule has 5 saturated carbocycles. The Hall–Kier alpha value is -0.970. The SMILES string of the molecule is Cc1nc(SCC(=O)N[C@@H](C)C23CC4CC(CC(C4)C2)C3)n(C2CCCC2)c1C. The van der Waals surface area contributed by atoms with Gasteiger partial charge in [-0.25, -0.2) is 4.98 Å². The third-order valence-electron chi connectivity index (χ3n) is 8.76. The van der Waals surface area contributed by atoms with Crippen molar-refractivity contribution in [2.45, 2.75) is 102 Å². The van der Waals surface area contributed by atoms with Crippen molar-refractivity contribution < 1.29 is 4.79 Å². The van der Waals surface area contributed by atoms with Gasteiger partial charge in [0.1, 0.15) is 0 Å². The topological polar surface area (TPSA) is 46.9 Å². The molecular weight excluding hydrogens is 378 g/mol. The lowest BCUT2D eigenvalue weighted by Gasteiger charge is -2.59. The number of nitrogens with one attached hydrogen (secondary N) is 1. The summed E-state index contributed by atoms with van der Waals surface area (Å²) in [5, 5.41) is 4.47. The third-order valence-corrected chi connectivity index (χ3v) is 9.71. The monoisotopic (exact) mass is 415 g/mol. The van der Waals surface area contributed by atoms with Crippen molar-refractivity contribution >= 4 is 17.7 Å². The van der Waals surface area contributed by atoms with E-state index in [2.05, 4.69) is 30.7 Å². The maximum Gasteiger partial charge on any atom is 0.230 e. The lowest BCUT2D eigenvalue weighted by Crippen LogP contribution is -2.56. The number of aromatic nitrogens is 2. The molecular formula is C24H37N3OS. The zero-order valence-corrected chi connectivity index (χ0v) is 19.2. The van der Waals surface area contributed by atoms with E-state index >= 15 is 0 Å². The van der Waals surface area contributed by atoms with Crippen LogP contribution < -0.4 is 5.32 Å². The summed E-state index contributed by atoms with van der Waals surface area (Å²) in [4.78, 5) is 17.7. The first kappa shape index (κ1) is 20.0. The molecule has 0 aromatic carbocycles. The van der Waals surface area contributed by atoms with Crippen LogP contribution in [0.15, 0.2) is 5.16 Å². The standard InChI is InChI=1S/C24H37N3OS/c1-15-16(2)27(21-6-4-5-7-21)23(25-15)29-14-22(28)26-17(3)24-11-18-8-19(12-24)10-20(9-18)13-24/h17-21H,4-14H2,1-3H3,(H,26,28)/t17-,18?,19?,20?,24?/m0/s1. The van der Waals surface area contributed by atoms with Gasteiger partial charge in [0.05, 0.1) is 11.4 Å². The maximum atomic E-state index is 12.9. The van der Waals surface area contributed by atoms with Gasteiger partial charge in [-0.1, -0.05) is 24.6 Å². The highest BCUT2D eigenvalue weighted by Crippen LogP contribution is 2.61. The Morgan fingerprint density at radius 2 is 1.72 bits per heavy atom. The van der Waals surface area contributed by atoms with Gasteiger partial charge in [-0.15, -0.1) is 0 Å². The molecule has 1 heterocycles. The molecule has 1 aromatic heterocycles. The highest BCUT2D eigenvalue weighted by Gasteiger charge is 2.53. The van der Waals surface area contributed by atoms with Crippen LogP contribution in [0.2, 0.25) is 0 Å². The molecule has 4 nitrogen and oxygen atoms in total. The Kier molecular flexibility index (Phi) is 5.24. The molecule has 0 spiro atoms. The minimum absolute atomic E-state index is 0.189. The Morgan fingerprint density at radius 1 is 1.14 bits per heavy atom. The van der Waals surface area contributed by atoms with E-state index in [1.54, 1.807) is 11.8 Å². The Balaban J connectivity index is 1.21. The van der Waals surface area contributed by atoms with Crippen LogP contribution in [0.5, 0.6) is 0 Å². The fourth-order valence-corrected chi connectivity index (χ4v) is 8.53. The van der Waals surface area contributed by atoms with Gasteiger partial charge < -0.3 is 9.88 Å². The van der Waals surface area contributed by atoms with Crippen LogP contribution >= 0.6 is 11.8 Å². The van der Waals surface area contributed by atoms with Gasteiger partial charge in [-0.3, -0.25) is 4.79 Å². The summed E-state index contributed by atoms with van der Waals surface area (Å²) in [6, 6.07) is 0.884. The molecule has 160 valence electrons. The van der Waals surface area contributed by atoms with Crippen LogP contribution in [0.1, 0.15) is 88.6 Å². The molecule has 1 N–H and O–H groups in total. The lowest BCUT2D eigenvalue weighted by molar-refractivity contribution is -0.123. The second-order valence-electron chi connectivity index (χ2n) is 10.7. The van der Waals surface area contributed by atoms with E-state index in [1.807, 2.05) is 0 Å². The van der Waals surface area contributed by atoms with Crippen molar-refractivity contribution in [2.24, 2.45) is 23.2 Å². The van der Waals surface area contributed by atoms with Crippen LogP contribution in [0, 0.1) is 37.0 Å². The molecule has 0 saturated heterocycles. The number of thioether (sulfide) groups is 1. The van der Waals surface area contributed by atoms with E-state index in [9.17, 15) is 4.79 Å². The summed E-state index contributed by atoms with van der Waals surface area (Å²) in [7, 11) is 0. The molecule has 5 fully saturated rings. The van der Waals surface area contributed by atoms with Gasteiger partial charge in [0.15, 0.2) is 5.16 Å². The molecule has 0 radical (unpaired) electrons. The molecule has 5 aliphatic rings. The lowest BCUT2D eigenvalue weighted by atomic mass is 9.48. The molecule has 1 aromatic rings. The molecule has 1 atom stereocenters. The average Bonchev–Trinajstić information content (AvgIpc) is 3.27. The number of hydrogen-bond acceptors (Lipinski definition) is 3. The van der Waals surface area contributed by atoms with E-state index in [4.69, 9.17) is 4.98 Å². The Bertz CT molecular complexity index is 744. The van der Waals surface area contributed by atoms with Crippen LogP contribution in [0.3, 0.4) is 0 Å². The summed E-state index contributed by atoms with van der Waals surface area (Å²) in [5.41, 5.74) is 2.77. The minimum Gasteiger partial charge on any atom is -0.352 e. The molecule has 4 bridgehead atoms. The van der Waals surface area contributed by atoms with E-state index in [-0.39, 0.29) is 5.91 Å². The van der Waals surface area contributed by atoms with Crippen molar-refractivity contribution in [2.75, 3.05) is 5.75 Å². The van der Waals surface area contributed by atoms with Gasteiger partial charge >= 0.3 is 0 Å². The quantitative estimate of drug-likeness (QED) is 0.630. The maximum absolute atomic E-state index is 12.9. The van der Waals surface area contributed by atoms with Crippen molar-refractivity contribution in [1.82, 2.24) is 14.9 Å². The zero-order chi connectivity index (χ0) is 20.2. The molecule has 0 unspecified atom stereocenters. The largest absolute Gasteiger partial charge is 0.352 e. The number of aryl methyl sites for hydroxylation is 1. The fourth-order valence-electron chi connectivity index (χ4n) is 7.56. The molecule has 5 aliphatic carbocycles. The number of carbonyl (C=O) groups is 1. The molecule has 1 amide bonds. The normalized spacial score (nSPS) is 34.7. The van der Waals surface area contributed by atoms with E-state index < -0.39 is 0 Å². The van der Waals surface area contributed by atoms with E-state index in [1.165, 1.54) is 69.9 Å². The van der Waals surface area contributed by atoms with Crippen molar-refractivity contribution in [3.05, 3.63) is 11.4 Å². The molecule has 0 aliphatic heterocycles. The predicted octanol–water partition coefficient (Wildman–Crippen LogP) is 5.43. The number of hydrogen-bond donors (Lipinski definition) is 1. The summed E-state index contributed by atoms with van der Waals surface area (Å²) < 4.78 is 2.42. The highest BCUT2D eigenvalue weighted by molar-refractivity contribution is 7.99. The van der Waals surface area contributed by atoms with Gasteiger partial charge in [-0.2, -0.15) is 0 Å². The van der Waals surface area contributed by atoms with Crippen molar-refractivity contribution in [1.29, 1.82) is 0 Å². The number of rotatable bonds is 6. The number of amides is 1. The van der Waals surface area contributed by atoms with Crippen molar-refractivity contribution in [3.63, 3.8) is 0 Å². The Labute approximate surface area is 180 Å². The zero-order valence-electron chi connectivity index (χ0n) is 18.4. The smallest absolute Gasteiger partial charge is 0.230 e. The highest BCUT2D eigenvalue weighted by atomic mass is 32.2. The van der Waals surface area contributed by atoms with Crippen LogP contribution in [0.25, 0.3) is 0 Å². The summed E-state index contributed by atoms with van der Waals surface area (Å²) >= 11 is 1.64. The van der Waals surface area contributed by atoms with Gasteiger partial charge in [0.25, 0.3) is 0 Å². The van der Waals surface area contributed by atoms with Crippen molar-refractivity contribution in [3.8, 4) is 0 Å². The second kappa shape index (κ2) is 7.62. The number of imidazole rings is 1. The van der Waals surface area contributed by atoms with Crippen LogP contribution in [-0.4, -0.2) is 27.3 Å². The first-order valence-electron chi connectivity index (χ1n) is 11.9. The fraction of sp³-hybridized carbons (Fsp3) is 0.833. The summed E-state index contributed by atoms with van der Waals surface area (Å²) in [6.07, 6.45) is 13.5. The first-order chi connectivity index (χ1) is 13.9. The van der Waals surface area contributed by atoms with Gasteiger partial charge in [-0.05, 0) is 95.3 Å². The van der Waals surface area contributed by atoms with Gasteiger partial charge in [0.2, 0.25) is 5.91 Å². The minimum atomic E-state index is 0.189. The number of carbonyl (C=O) groups excluding carboxylic acids is 1. The number of nitrogens with zero attached hydrogens (tertiary/aromatic N) is 2. The summed E-state index contributed by atoms with van der Waals surface area (Å²) in [6.45, 7) is 6.56. The first-order valence-corrected chi connectivity index (χ1v) is 12.9.